The van der Waals surface area contributed by atoms with Gasteiger partial charge in [0, 0.05) is 36.6 Å². The molecule has 20 heavy (non-hydrogen) atoms. The third-order valence-corrected chi connectivity index (χ3v) is 5.10. The average Bonchev–Trinajstić information content (AvgIpc) is 2.41. The van der Waals surface area contributed by atoms with E-state index in [1.165, 1.54) is 12.3 Å². The minimum atomic E-state index is -3.89. The maximum atomic E-state index is 12.5. The highest BCUT2D eigenvalue weighted by Crippen LogP contribution is 2.26. The maximum absolute atomic E-state index is 12.5. The highest BCUT2D eigenvalue weighted by molar-refractivity contribution is 9.10. The lowest BCUT2D eigenvalue weighted by Crippen LogP contribution is -2.33. The summed E-state index contributed by atoms with van der Waals surface area (Å²) in [7, 11) is -3.89. The van der Waals surface area contributed by atoms with Crippen molar-refractivity contribution in [3.8, 4) is 12.1 Å². The molecule has 1 aromatic rings. The van der Waals surface area contributed by atoms with E-state index in [1.807, 2.05) is 12.1 Å². The first-order chi connectivity index (χ1) is 9.43. The van der Waals surface area contributed by atoms with Crippen LogP contribution in [0.4, 0.5) is 0 Å². The van der Waals surface area contributed by atoms with E-state index in [0.29, 0.717) is 4.47 Å². The number of sulfonamides is 1. The number of nitrogens with zero attached hydrogens (tertiary/aromatic N) is 4. The molecular weight excluding hydrogens is 368 g/mol. The number of aromatic nitrogens is 1. The summed E-state index contributed by atoms with van der Waals surface area (Å²) in [5.74, 6) is 0. The maximum Gasteiger partial charge on any atom is 0.246 e. The minimum Gasteiger partial charge on any atom is -0.242 e. The lowest BCUT2D eigenvalue weighted by Gasteiger charge is -2.20. The standard InChI is InChI=1S/C11H10BrClN4O2S/c12-9-7-10(11(13)16-8-9)20(18,19)17(5-1-3-14)6-2-4-15/h7-8H,1-2,5-6H2. The van der Waals surface area contributed by atoms with Crippen LogP contribution in [0.1, 0.15) is 12.8 Å². The fraction of sp³-hybridized carbons (Fsp3) is 0.364. The highest BCUT2D eigenvalue weighted by atomic mass is 79.9. The van der Waals surface area contributed by atoms with E-state index >= 15 is 0 Å². The summed E-state index contributed by atoms with van der Waals surface area (Å²) in [6.45, 7) is 0.00666. The van der Waals surface area contributed by atoms with Crippen LogP contribution in [-0.4, -0.2) is 30.8 Å². The zero-order valence-electron chi connectivity index (χ0n) is 10.3. The average molecular weight is 378 g/mol. The summed E-state index contributed by atoms with van der Waals surface area (Å²) in [6.07, 6.45) is 1.45. The summed E-state index contributed by atoms with van der Waals surface area (Å²) in [5.41, 5.74) is 0. The third-order valence-electron chi connectivity index (χ3n) is 2.34. The molecule has 0 N–H and O–H groups in total. The van der Waals surface area contributed by atoms with Gasteiger partial charge < -0.3 is 0 Å². The molecule has 0 radical (unpaired) electrons. The Labute approximate surface area is 130 Å². The van der Waals surface area contributed by atoms with Gasteiger partial charge in [-0.1, -0.05) is 11.6 Å². The lowest BCUT2D eigenvalue weighted by molar-refractivity contribution is 0.424. The molecule has 1 heterocycles. The van der Waals surface area contributed by atoms with Gasteiger partial charge in [-0.3, -0.25) is 0 Å². The molecule has 0 spiro atoms. The smallest absolute Gasteiger partial charge is 0.242 e. The molecule has 1 aromatic heterocycles. The van der Waals surface area contributed by atoms with E-state index in [2.05, 4.69) is 20.9 Å². The molecule has 0 aromatic carbocycles. The molecule has 0 amide bonds. The Balaban J connectivity index is 3.18. The number of hydrogen-bond acceptors (Lipinski definition) is 5. The second-order valence-electron chi connectivity index (χ2n) is 3.66. The van der Waals surface area contributed by atoms with Crippen LogP contribution in [-0.2, 0) is 10.0 Å². The molecule has 0 aliphatic rings. The van der Waals surface area contributed by atoms with E-state index < -0.39 is 10.0 Å². The van der Waals surface area contributed by atoms with Crippen molar-refractivity contribution < 1.29 is 8.42 Å². The van der Waals surface area contributed by atoms with Crippen LogP contribution in [0.25, 0.3) is 0 Å². The monoisotopic (exact) mass is 376 g/mol. The molecule has 0 saturated heterocycles. The van der Waals surface area contributed by atoms with Crippen molar-refractivity contribution in [3.63, 3.8) is 0 Å². The Bertz CT molecular complexity index is 648. The quantitative estimate of drug-likeness (QED) is 0.708. The Kier molecular flexibility index (Phi) is 6.37. The minimum absolute atomic E-state index is 0.00333. The summed E-state index contributed by atoms with van der Waals surface area (Å²) < 4.78 is 26.5. The van der Waals surface area contributed by atoms with Gasteiger partial charge in [0.1, 0.15) is 10.0 Å². The third kappa shape index (κ3) is 4.15. The van der Waals surface area contributed by atoms with Crippen molar-refractivity contribution in [2.45, 2.75) is 17.7 Å². The molecule has 0 bridgehead atoms. The van der Waals surface area contributed by atoms with Crippen molar-refractivity contribution in [1.82, 2.24) is 9.29 Å². The first kappa shape index (κ1) is 16.9. The molecule has 9 heteroatoms. The number of hydrogen-bond donors (Lipinski definition) is 0. The van der Waals surface area contributed by atoms with Crippen LogP contribution in [0.3, 0.4) is 0 Å². The lowest BCUT2D eigenvalue weighted by atomic mass is 10.4. The molecule has 0 fully saturated rings. The predicted octanol–water partition coefficient (Wildman–Crippen LogP) is 2.32. The van der Waals surface area contributed by atoms with Gasteiger partial charge in [0.15, 0.2) is 0 Å². The summed E-state index contributed by atoms with van der Waals surface area (Å²) in [6, 6.07) is 5.10. The van der Waals surface area contributed by atoms with Crippen LogP contribution >= 0.6 is 27.5 Å². The molecule has 0 aliphatic heterocycles. The van der Waals surface area contributed by atoms with Crippen molar-refractivity contribution in [1.29, 1.82) is 10.5 Å². The zero-order valence-corrected chi connectivity index (χ0v) is 13.4. The Morgan fingerprint density at radius 2 is 1.85 bits per heavy atom. The van der Waals surface area contributed by atoms with E-state index in [0.717, 1.165) is 4.31 Å². The Morgan fingerprint density at radius 1 is 1.30 bits per heavy atom. The van der Waals surface area contributed by atoms with Crippen molar-refractivity contribution >= 4 is 37.6 Å². The largest absolute Gasteiger partial charge is 0.246 e. The van der Waals surface area contributed by atoms with Crippen LogP contribution in [0, 0.1) is 22.7 Å². The fourth-order valence-electron chi connectivity index (χ4n) is 1.43. The molecule has 1 rings (SSSR count). The van der Waals surface area contributed by atoms with Gasteiger partial charge in [-0.25, -0.2) is 13.4 Å². The molecular formula is C11H10BrClN4O2S. The van der Waals surface area contributed by atoms with Crippen molar-refractivity contribution in [3.05, 3.63) is 21.9 Å². The van der Waals surface area contributed by atoms with E-state index in [-0.39, 0.29) is 36.0 Å². The molecule has 0 atom stereocenters. The van der Waals surface area contributed by atoms with Gasteiger partial charge in [0.05, 0.1) is 12.1 Å². The van der Waals surface area contributed by atoms with Crippen LogP contribution in [0.2, 0.25) is 5.15 Å². The van der Waals surface area contributed by atoms with Crippen LogP contribution in [0.15, 0.2) is 21.6 Å². The molecule has 0 aliphatic carbocycles. The number of halogens is 2. The van der Waals surface area contributed by atoms with E-state index in [9.17, 15) is 8.42 Å². The first-order valence-electron chi connectivity index (χ1n) is 5.48. The highest BCUT2D eigenvalue weighted by Gasteiger charge is 2.27. The van der Waals surface area contributed by atoms with Gasteiger partial charge >= 0.3 is 0 Å². The van der Waals surface area contributed by atoms with Gasteiger partial charge in [-0.2, -0.15) is 14.8 Å². The number of nitriles is 2. The molecule has 0 unspecified atom stereocenters. The predicted molar refractivity (Wildman–Crippen MR) is 76.2 cm³/mol. The Morgan fingerprint density at radius 3 is 2.35 bits per heavy atom. The summed E-state index contributed by atoms with van der Waals surface area (Å²) in [5, 5.41) is 17.0. The normalized spacial score (nSPS) is 11.1. The van der Waals surface area contributed by atoms with Gasteiger partial charge in [0.25, 0.3) is 0 Å². The van der Waals surface area contributed by atoms with E-state index in [1.54, 1.807) is 0 Å². The number of rotatable bonds is 6. The number of pyridine rings is 1. The molecule has 6 nitrogen and oxygen atoms in total. The van der Waals surface area contributed by atoms with Crippen LogP contribution < -0.4 is 0 Å². The first-order valence-corrected chi connectivity index (χ1v) is 8.09. The molecule has 106 valence electrons. The fourth-order valence-corrected chi connectivity index (χ4v) is 3.79. The van der Waals surface area contributed by atoms with E-state index in [4.69, 9.17) is 22.1 Å². The Hall–Kier alpha value is -1.19. The van der Waals surface area contributed by atoms with Gasteiger partial charge in [0.2, 0.25) is 10.0 Å². The summed E-state index contributed by atoms with van der Waals surface area (Å²) in [4.78, 5) is 3.62. The van der Waals surface area contributed by atoms with Crippen LogP contribution in [0.5, 0.6) is 0 Å². The van der Waals surface area contributed by atoms with Gasteiger partial charge in [-0.15, -0.1) is 0 Å². The SMILES string of the molecule is N#CCCN(CCC#N)S(=O)(=O)c1cc(Br)cnc1Cl. The van der Waals surface area contributed by atoms with Crippen molar-refractivity contribution in [2.24, 2.45) is 0 Å². The second kappa shape index (κ2) is 7.55. The van der Waals surface area contributed by atoms with Crippen molar-refractivity contribution in [2.75, 3.05) is 13.1 Å². The zero-order chi connectivity index (χ0) is 15.2. The topological polar surface area (TPSA) is 97.9 Å². The van der Waals surface area contributed by atoms with Gasteiger partial charge in [-0.05, 0) is 22.0 Å². The summed E-state index contributed by atoms with van der Waals surface area (Å²) >= 11 is 8.96. The molecule has 0 saturated carbocycles. The second-order valence-corrected chi connectivity index (χ2v) is 6.84.